The highest BCUT2D eigenvalue weighted by Gasteiger charge is 2.14. The van der Waals surface area contributed by atoms with Crippen molar-refractivity contribution < 1.29 is 0 Å². The molecule has 0 unspecified atom stereocenters. The predicted octanol–water partition coefficient (Wildman–Crippen LogP) is 3.29. The summed E-state index contributed by atoms with van der Waals surface area (Å²) >= 11 is 0. The van der Waals surface area contributed by atoms with Crippen molar-refractivity contribution >= 4 is 16.5 Å². The molecule has 116 valence electrons. The topological polar surface area (TPSA) is 38.1 Å². The predicted molar refractivity (Wildman–Crippen MR) is 93.9 cm³/mol. The SMILES string of the molecule is CCn1ncc2cc(-c3cccc(N4CCC4)c3)ccc2c1=O. The van der Waals surface area contributed by atoms with Crippen molar-refractivity contribution in [2.75, 3.05) is 18.0 Å². The number of aryl methyl sites for hydroxylation is 1. The second-order valence-electron chi connectivity index (χ2n) is 5.96. The molecule has 1 saturated heterocycles. The Kier molecular flexibility index (Phi) is 3.37. The van der Waals surface area contributed by atoms with Gasteiger partial charge in [-0.05, 0) is 48.7 Å². The lowest BCUT2D eigenvalue weighted by atomic mass is 10.0. The number of anilines is 1. The summed E-state index contributed by atoms with van der Waals surface area (Å²) in [4.78, 5) is 14.7. The van der Waals surface area contributed by atoms with Gasteiger partial charge >= 0.3 is 0 Å². The van der Waals surface area contributed by atoms with Crippen LogP contribution in [0.4, 0.5) is 5.69 Å². The number of aromatic nitrogens is 2. The van der Waals surface area contributed by atoms with E-state index in [4.69, 9.17) is 0 Å². The van der Waals surface area contributed by atoms with Gasteiger partial charge in [-0.25, -0.2) is 4.68 Å². The molecule has 1 fully saturated rings. The van der Waals surface area contributed by atoms with Crippen LogP contribution in [0.15, 0.2) is 53.5 Å². The molecule has 0 saturated carbocycles. The van der Waals surface area contributed by atoms with Crippen LogP contribution < -0.4 is 10.5 Å². The molecule has 2 aromatic carbocycles. The maximum atomic E-state index is 12.3. The summed E-state index contributed by atoms with van der Waals surface area (Å²) in [6, 6.07) is 14.6. The van der Waals surface area contributed by atoms with Gasteiger partial charge in [0.25, 0.3) is 5.56 Å². The van der Waals surface area contributed by atoms with E-state index in [1.54, 1.807) is 6.20 Å². The van der Waals surface area contributed by atoms with E-state index in [-0.39, 0.29) is 5.56 Å². The Morgan fingerprint density at radius 1 is 1.09 bits per heavy atom. The molecule has 0 radical (unpaired) electrons. The number of rotatable bonds is 3. The van der Waals surface area contributed by atoms with Gasteiger partial charge in [0.05, 0.1) is 11.6 Å². The first-order valence-corrected chi connectivity index (χ1v) is 8.11. The van der Waals surface area contributed by atoms with E-state index in [2.05, 4.69) is 40.3 Å². The zero-order valence-electron chi connectivity index (χ0n) is 13.2. The van der Waals surface area contributed by atoms with Crippen LogP contribution in [0.2, 0.25) is 0 Å². The molecule has 3 aromatic rings. The fourth-order valence-corrected chi connectivity index (χ4v) is 3.05. The van der Waals surface area contributed by atoms with Gasteiger partial charge in [-0.1, -0.05) is 18.2 Å². The third-order valence-electron chi connectivity index (χ3n) is 4.55. The van der Waals surface area contributed by atoms with Gasteiger partial charge in [-0.2, -0.15) is 5.10 Å². The molecule has 4 rings (SSSR count). The van der Waals surface area contributed by atoms with Crippen LogP contribution >= 0.6 is 0 Å². The molecule has 4 heteroatoms. The Morgan fingerprint density at radius 3 is 2.65 bits per heavy atom. The summed E-state index contributed by atoms with van der Waals surface area (Å²) in [5.41, 5.74) is 3.55. The molecule has 0 bridgehead atoms. The van der Waals surface area contributed by atoms with E-state index in [9.17, 15) is 4.79 Å². The number of hydrogen-bond acceptors (Lipinski definition) is 3. The molecule has 1 aliphatic rings. The quantitative estimate of drug-likeness (QED) is 0.745. The molecule has 0 N–H and O–H groups in total. The highest BCUT2D eigenvalue weighted by molar-refractivity contribution is 5.86. The Hall–Kier alpha value is -2.62. The van der Waals surface area contributed by atoms with Gasteiger partial charge in [-0.15, -0.1) is 0 Å². The number of benzene rings is 2. The van der Waals surface area contributed by atoms with Crippen molar-refractivity contribution in [1.82, 2.24) is 9.78 Å². The maximum Gasteiger partial charge on any atom is 0.274 e. The van der Waals surface area contributed by atoms with Crippen molar-refractivity contribution in [1.29, 1.82) is 0 Å². The second kappa shape index (κ2) is 5.54. The van der Waals surface area contributed by atoms with Crippen LogP contribution in [0.25, 0.3) is 21.9 Å². The maximum absolute atomic E-state index is 12.3. The van der Waals surface area contributed by atoms with Crippen molar-refractivity contribution in [2.45, 2.75) is 19.9 Å². The molecular weight excluding hydrogens is 286 g/mol. The van der Waals surface area contributed by atoms with Crippen molar-refractivity contribution in [3.8, 4) is 11.1 Å². The Morgan fingerprint density at radius 2 is 1.91 bits per heavy atom. The zero-order chi connectivity index (χ0) is 15.8. The second-order valence-corrected chi connectivity index (χ2v) is 5.96. The Balaban J connectivity index is 1.79. The molecule has 0 spiro atoms. The van der Waals surface area contributed by atoms with Gasteiger partial charge in [-0.3, -0.25) is 4.79 Å². The first-order valence-electron chi connectivity index (χ1n) is 8.11. The molecule has 4 nitrogen and oxygen atoms in total. The monoisotopic (exact) mass is 305 g/mol. The normalized spacial score (nSPS) is 14.0. The van der Waals surface area contributed by atoms with E-state index in [1.165, 1.54) is 22.4 Å². The molecule has 0 amide bonds. The van der Waals surface area contributed by atoms with Crippen molar-refractivity contribution in [3.05, 3.63) is 59.0 Å². The number of hydrogen-bond donors (Lipinski definition) is 0. The lowest BCUT2D eigenvalue weighted by Gasteiger charge is -2.33. The zero-order valence-corrected chi connectivity index (χ0v) is 13.2. The summed E-state index contributed by atoms with van der Waals surface area (Å²) in [5, 5.41) is 5.85. The first-order chi connectivity index (χ1) is 11.3. The van der Waals surface area contributed by atoms with E-state index in [0.717, 1.165) is 29.4 Å². The van der Waals surface area contributed by atoms with Crippen LogP contribution in [0.1, 0.15) is 13.3 Å². The van der Waals surface area contributed by atoms with Crippen LogP contribution in [-0.2, 0) is 6.54 Å². The fraction of sp³-hybridized carbons (Fsp3) is 0.263. The minimum atomic E-state index is -0.0223. The number of nitrogens with zero attached hydrogens (tertiary/aromatic N) is 3. The third kappa shape index (κ3) is 2.40. The summed E-state index contributed by atoms with van der Waals surface area (Å²) in [7, 11) is 0. The van der Waals surface area contributed by atoms with E-state index in [1.807, 2.05) is 19.1 Å². The molecule has 23 heavy (non-hydrogen) atoms. The Labute approximate surface area is 135 Å². The standard InChI is InChI=1S/C19H19N3O/c1-2-22-19(23)18-8-7-15(11-16(18)13-20-22)14-5-3-6-17(12-14)21-9-4-10-21/h3,5-8,11-13H,2,4,9-10H2,1H3. The highest BCUT2D eigenvalue weighted by Crippen LogP contribution is 2.28. The van der Waals surface area contributed by atoms with Gasteiger partial charge in [0.15, 0.2) is 0 Å². The molecule has 0 aliphatic carbocycles. The van der Waals surface area contributed by atoms with Gasteiger partial charge in [0.1, 0.15) is 0 Å². The summed E-state index contributed by atoms with van der Waals surface area (Å²) in [5.74, 6) is 0. The van der Waals surface area contributed by atoms with Crippen molar-refractivity contribution in [3.63, 3.8) is 0 Å². The van der Waals surface area contributed by atoms with Crippen LogP contribution in [0.3, 0.4) is 0 Å². The summed E-state index contributed by atoms with van der Waals surface area (Å²) in [6.45, 7) is 4.80. The van der Waals surface area contributed by atoms with E-state index < -0.39 is 0 Å². The van der Waals surface area contributed by atoms with Crippen LogP contribution in [-0.4, -0.2) is 22.9 Å². The first kappa shape index (κ1) is 14.0. The molecule has 1 aliphatic heterocycles. The number of fused-ring (bicyclic) bond motifs is 1. The molecular formula is C19H19N3O. The van der Waals surface area contributed by atoms with Gasteiger partial charge < -0.3 is 4.90 Å². The Bertz CT molecular complexity index is 925. The molecule has 0 atom stereocenters. The average Bonchev–Trinajstić information content (AvgIpc) is 2.54. The molecule has 2 heterocycles. The van der Waals surface area contributed by atoms with Gasteiger partial charge in [0.2, 0.25) is 0 Å². The van der Waals surface area contributed by atoms with Gasteiger partial charge in [0, 0.05) is 30.7 Å². The van der Waals surface area contributed by atoms with Crippen LogP contribution in [0, 0.1) is 0 Å². The minimum Gasteiger partial charge on any atom is -0.371 e. The van der Waals surface area contributed by atoms with Crippen LogP contribution in [0.5, 0.6) is 0 Å². The largest absolute Gasteiger partial charge is 0.371 e. The highest BCUT2D eigenvalue weighted by atomic mass is 16.1. The lowest BCUT2D eigenvalue weighted by molar-refractivity contribution is 0.618. The summed E-state index contributed by atoms with van der Waals surface area (Å²) < 4.78 is 1.49. The smallest absolute Gasteiger partial charge is 0.274 e. The third-order valence-corrected chi connectivity index (χ3v) is 4.55. The molecule has 1 aromatic heterocycles. The fourth-order valence-electron chi connectivity index (χ4n) is 3.05. The van der Waals surface area contributed by atoms with E-state index in [0.29, 0.717) is 6.54 Å². The average molecular weight is 305 g/mol. The minimum absolute atomic E-state index is 0.0223. The lowest BCUT2D eigenvalue weighted by Crippen LogP contribution is -2.36. The van der Waals surface area contributed by atoms with Crippen molar-refractivity contribution in [2.24, 2.45) is 0 Å². The van der Waals surface area contributed by atoms with E-state index >= 15 is 0 Å². The summed E-state index contributed by atoms with van der Waals surface area (Å²) in [6.07, 6.45) is 3.05.